The van der Waals surface area contributed by atoms with Crippen LogP contribution in [0.2, 0.25) is 10.0 Å². The van der Waals surface area contributed by atoms with Crippen molar-refractivity contribution in [1.82, 2.24) is 0 Å². The summed E-state index contributed by atoms with van der Waals surface area (Å²) >= 11 is 12.1. The first-order chi connectivity index (χ1) is 16.1. The van der Waals surface area contributed by atoms with Crippen LogP contribution in [0.15, 0.2) is 73.3 Å². The van der Waals surface area contributed by atoms with Crippen LogP contribution in [0.4, 0.5) is 0 Å². The standard InChI is InChI=1S/C15H12Cl2O.C8H8O2.C6H12/c1-10-6-3-4-7-12(10)11(2)18-15-13(16)8-5-9-14(15)17;1-6-2-4-7(5-3-6)8(9)10;1-5-3-4-6(5)2/h3-9H,2H2,1H3;2-5H,1H3,(H,9,10);5-6H,3-4H2,1-2H3. The van der Waals surface area contributed by atoms with Gasteiger partial charge in [0.05, 0.1) is 15.6 Å². The molecule has 0 heterocycles. The van der Waals surface area contributed by atoms with Gasteiger partial charge in [-0.25, -0.2) is 4.79 Å². The van der Waals surface area contributed by atoms with Gasteiger partial charge in [-0.1, -0.05) is 104 Å². The highest BCUT2D eigenvalue weighted by atomic mass is 35.5. The van der Waals surface area contributed by atoms with Crippen molar-refractivity contribution >= 4 is 34.9 Å². The average molecular weight is 499 g/mol. The van der Waals surface area contributed by atoms with Gasteiger partial charge in [-0.05, 0) is 55.5 Å². The van der Waals surface area contributed by atoms with Gasteiger partial charge in [0.15, 0.2) is 5.75 Å². The average Bonchev–Trinajstić information content (AvgIpc) is 2.81. The van der Waals surface area contributed by atoms with Crippen LogP contribution >= 0.6 is 23.2 Å². The molecule has 0 aromatic heterocycles. The number of aryl methyl sites for hydroxylation is 2. The van der Waals surface area contributed by atoms with Crippen LogP contribution in [0, 0.1) is 25.7 Å². The Morgan fingerprint density at radius 3 is 1.85 bits per heavy atom. The Morgan fingerprint density at radius 2 is 1.41 bits per heavy atom. The summed E-state index contributed by atoms with van der Waals surface area (Å²) in [5.41, 5.74) is 3.44. The molecule has 180 valence electrons. The minimum absolute atomic E-state index is 0.339. The van der Waals surface area contributed by atoms with Crippen molar-refractivity contribution < 1.29 is 14.6 Å². The summed E-state index contributed by atoms with van der Waals surface area (Å²) in [6.07, 6.45) is 2.95. The lowest BCUT2D eigenvalue weighted by atomic mass is 9.77. The quantitative estimate of drug-likeness (QED) is 0.364. The Labute approximate surface area is 213 Å². The molecule has 2 atom stereocenters. The van der Waals surface area contributed by atoms with Crippen molar-refractivity contribution in [2.45, 2.75) is 40.5 Å². The van der Waals surface area contributed by atoms with E-state index >= 15 is 0 Å². The highest BCUT2D eigenvalue weighted by Gasteiger charge is 2.20. The van der Waals surface area contributed by atoms with Gasteiger partial charge in [0, 0.05) is 5.56 Å². The number of rotatable bonds is 4. The molecule has 3 aromatic carbocycles. The molecule has 34 heavy (non-hydrogen) atoms. The van der Waals surface area contributed by atoms with Gasteiger partial charge >= 0.3 is 5.97 Å². The number of hydrogen-bond acceptors (Lipinski definition) is 2. The molecule has 0 radical (unpaired) electrons. The van der Waals surface area contributed by atoms with E-state index in [1.807, 2.05) is 38.1 Å². The van der Waals surface area contributed by atoms with Crippen molar-refractivity contribution in [3.05, 3.63) is 106 Å². The molecule has 3 aromatic rings. The SMILES string of the molecule is C=C(Oc1c(Cl)cccc1Cl)c1ccccc1C.CC1CCC1C.Cc1ccc(C(=O)O)cc1. The first-order valence-corrected chi connectivity index (χ1v) is 12.0. The summed E-state index contributed by atoms with van der Waals surface area (Å²) in [6.45, 7) is 12.5. The number of para-hydroxylation sites is 1. The molecule has 3 nitrogen and oxygen atoms in total. The zero-order chi connectivity index (χ0) is 25.3. The van der Waals surface area contributed by atoms with E-state index < -0.39 is 5.97 Å². The normalized spacial score (nSPS) is 16.1. The fourth-order valence-electron chi connectivity index (χ4n) is 3.17. The number of hydrogen-bond donors (Lipinski definition) is 1. The van der Waals surface area contributed by atoms with Crippen LogP contribution in [-0.2, 0) is 0 Å². The molecular weight excluding hydrogens is 467 g/mol. The molecule has 4 rings (SSSR count). The first-order valence-electron chi connectivity index (χ1n) is 11.3. The third kappa shape index (κ3) is 8.23. The zero-order valence-electron chi connectivity index (χ0n) is 20.1. The second-order valence-corrected chi connectivity index (χ2v) is 9.41. The van der Waals surface area contributed by atoms with Crippen LogP contribution in [-0.4, -0.2) is 11.1 Å². The third-order valence-electron chi connectivity index (χ3n) is 5.94. The summed E-state index contributed by atoms with van der Waals surface area (Å²) < 4.78 is 5.68. The van der Waals surface area contributed by atoms with Gasteiger partial charge in [-0.3, -0.25) is 0 Å². The molecular formula is C29H32Cl2O3. The fraction of sp³-hybridized carbons (Fsp3) is 0.276. The van der Waals surface area contributed by atoms with Crippen LogP contribution in [0.3, 0.4) is 0 Å². The second kappa shape index (κ2) is 13.2. The summed E-state index contributed by atoms with van der Waals surface area (Å²) in [7, 11) is 0. The highest BCUT2D eigenvalue weighted by Crippen LogP contribution is 2.35. The summed E-state index contributed by atoms with van der Waals surface area (Å²) in [5, 5.41) is 9.42. The van der Waals surface area contributed by atoms with Crippen LogP contribution < -0.4 is 4.74 Å². The summed E-state index contributed by atoms with van der Waals surface area (Å²) in [4.78, 5) is 10.3. The third-order valence-corrected chi connectivity index (χ3v) is 6.53. The fourth-order valence-corrected chi connectivity index (χ4v) is 3.65. The second-order valence-electron chi connectivity index (χ2n) is 8.59. The highest BCUT2D eigenvalue weighted by molar-refractivity contribution is 6.37. The van der Waals surface area contributed by atoms with Gasteiger partial charge in [0.25, 0.3) is 0 Å². The van der Waals surface area contributed by atoms with E-state index in [1.165, 1.54) is 12.8 Å². The van der Waals surface area contributed by atoms with E-state index in [9.17, 15) is 4.79 Å². The van der Waals surface area contributed by atoms with Crippen LogP contribution in [0.1, 0.15) is 53.7 Å². The number of aromatic carboxylic acids is 1. The Hall–Kier alpha value is -2.75. The van der Waals surface area contributed by atoms with Crippen molar-refractivity contribution in [2.24, 2.45) is 11.8 Å². The smallest absolute Gasteiger partial charge is 0.335 e. The summed E-state index contributed by atoms with van der Waals surface area (Å²) in [6, 6.07) is 19.8. The lowest BCUT2D eigenvalue weighted by Crippen LogP contribution is -2.18. The van der Waals surface area contributed by atoms with Gasteiger partial charge in [0.1, 0.15) is 5.76 Å². The van der Waals surface area contributed by atoms with Gasteiger partial charge in [-0.15, -0.1) is 0 Å². The Balaban J connectivity index is 0.000000212. The van der Waals surface area contributed by atoms with Crippen LogP contribution in [0.5, 0.6) is 5.75 Å². The topological polar surface area (TPSA) is 46.5 Å². The Kier molecular flexibility index (Phi) is 10.7. The minimum Gasteiger partial charge on any atom is -0.478 e. The molecule has 2 unspecified atom stereocenters. The molecule has 1 aliphatic rings. The molecule has 0 spiro atoms. The maximum atomic E-state index is 10.3. The predicted octanol–water partition coefficient (Wildman–Crippen LogP) is 9.10. The molecule has 0 bridgehead atoms. The summed E-state index contributed by atoms with van der Waals surface area (Å²) in [5.74, 6) is 2.16. The van der Waals surface area contributed by atoms with E-state index in [4.69, 9.17) is 33.0 Å². The van der Waals surface area contributed by atoms with E-state index in [1.54, 1.807) is 42.5 Å². The number of halogens is 2. The predicted molar refractivity (Wildman–Crippen MR) is 143 cm³/mol. The van der Waals surface area contributed by atoms with Crippen LogP contribution in [0.25, 0.3) is 5.76 Å². The van der Waals surface area contributed by atoms with E-state index in [0.29, 0.717) is 27.1 Å². The maximum Gasteiger partial charge on any atom is 0.335 e. The maximum absolute atomic E-state index is 10.3. The molecule has 0 saturated heterocycles. The lowest BCUT2D eigenvalue weighted by molar-refractivity contribution is 0.0697. The molecule has 0 aliphatic heterocycles. The molecule has 1 fully saturated rings. The first kappa shape index (κ1) is 27.5. The number of carboxylic acids is 1. The number of carboxylic acid groups (broad SMARTS) is 1. The Bertz CT molecular complexity index is 1080. The minimum atomic E-state index is -0.875. The largest absolute Gasteiger partial charge is 0.478 e. The van der Waals surface area contributed by atoms with E-state index in [0.717, 1.165) is 28.5 Å². The molecule has 5 heteroatoms. The van der Waals surface area contributed by atoms with Gasteiger partial charge < -0.3 is 9.84 Å². The van der Waals surface area contributed by atoms with Crippen molar-refractivity contribution in [3.63, 3.8) is 0 Å². The Morgan fingerprint density at radius 1 is 0.882 bits per heavy atom. The molecule has 0 amide bonds. The number of ether oxygens (including phenoxy) is 1. The van der Waals surface area contributed by atoms with Gasteiger partial charge in [0.2, 0.25) is 0 Å². The van der Waals surface area contributed by atoms with E-state index in [-0.39, 0.29) is 0 Å². The van der Waals surface area contributed by atoms with E-state index in [2.05, 4.69) is 20.4 Å². The molecule has 1 aliphatic carbocycles. The van der Waals surface area contributed by atoms with Gasteiger partial charge in [-0.2, -0.15) is 0 Å². The lowest BCUT2D eigenvalue weighted by Gasteiger charge is -2.29. The number of benzene rings is 3. The van der Waals surface area contributed by atoms with Crippen molar-refractivity contribution in [3.8, 4) is 5.75 Å². The molecule has 1 N–H and O–H groups in total. The zero-order valence-corrected chi connectivity index (χ0v) is 21.7. The molecule has 1 saturated carbocycles. The monoisotopic (exact) mass is 498 g/mol. The number of carbonyl (C=O) groups is 1. The van der Waals surface area contributed by atoms with Crippen molar-refractivity contribution in [2.75, 3.05) is 0 Å². The van der Waals surface area contributed by atoms with Crippen molar-refractivity contribution in [1.29, 1.82) is 0 Å².